The summed E-state index contributed by atoms with van der Waals surface area (Å²) in [6, 6.07) is 71.0. The van der Waals surface area contributed by atoms with E-state index in [1.165, 1.54) is 33.0 Å². The number of hydrogen-bond acceptors (Lipinski definition) is 3. The number of anilines is 3. The van der Waals surface area contributed by atoms with Crippen molar-refractivity contribution in [3.05, 3.63) is 200 Å². The highest BCUT2D eigenvalue weighted by Gasteiger charge is 2.20. The maximum absolute atomic E-state index is 6.85. The fourth-order valence-corrected chi connectivity index (χ4v) is 8.25. The minimum atomic E-state index is 0.830. The Morgan fingerprint density at radius 1 is 0.309 bits per heavy atom. The molecule has 0 fully saturated rings. The highest BCUT2D eigenvalue weighted by molar-refractivity contribution is 6.23. The third-order valence-electron chi connectivity index (χ3n) is 10.9. The van der Waals surface area contributed by atoms with Crippen molar-refractivity contribution in [2.75, 3.05) is 4.90 Å². The standard InChI is InChI=1S/C52H33NO2/c1-2-11-34(12-3-1)35-23-27-39(28-24-35)53(40-29-25-37(26-30-40)43-19-9-14-36-13-4-5-17-42(36)43)41-16-8-15-38(33-41)44-20-10-21-45-46-31-32-49-50(52(46)55-51(44)45)47-18-6-7-22-48(47)54-49/h1-33H. The van der Waals surface area contributed by atoms with Gasteiger partial charge in [-0.2, -0.15) is 0 Å². The first kappa shape index (κ1) is 31.2. The Labute approximate surface area is 317 Å². The molecule has 0 bridgehead atoms. The summed E-state index contributed by atoms with van der Waals surface area (Å²) in [6.45, 7) is 0. The lowest BCUT2D eigenvalue weighted by atomic mass is 9.98. The Hall–Kier alpha value is -7.36. The van der Waals surface area contributed by atoms with Crippen molar-refractivity contribution < 1.29 is 8.83 Å². The van der Waals surface area contributed by atoms with Crippen molar-refractivity contribution in [3.63, 3.8) is 0 Å². The highest BCUT2D eigenvalue weighted by atomic mass is 16.3. The fourth-order valence-electron chi connectivity index (χ4n) is 8.25. The average Bonchev–Trinajstić information content (AvgIpc) is 3.83. The van der Waals surface area contributed by atoms with Gasteiger partial charge < -0.3 is 13.7 Å². The van der Waals surface area contributed by atoms with Gasteiger partial charge in [-0.3, -0.25) is 0 Å². The van der Waals surface area contributed by atoms with Gasteiger partial charge >= 0.3 is 0 Å². The molecule has 0 unspecified atom stereocenters. The summed E-state index contributed by atoms with van der Waals surface area (Å²) in [5.41, 5.74) is 13.5. The van der Waals surface area contributed by atoms with E-state index in [-0.39, 0.29) is 0 Å². The third-order valence-corrected chi connectivity index (χ3v) is 10.9. The maximum Gasteiger partial charge on any atom is 0.147 e. The van der Waals surface area contributed by atoms with Crippen molar-refractivity contribution >= 4 is 71.7 Å². The second kappa shape index (κ2) is 12.6. The van der Waals surface area contributed by atoms with E-state index < -0.39 is 0 Å². The molecule has 258 valence electrons. The van der Waals surface area contributed by atoms with Gasteiger partial charge in [0.15, 0.2) is 0 Å². The van der Waals surface area contributed by atoms with Crippen molar-refractivity contribution in [2.45, 2.75) is 0 Å². The Morgan fingerprint density at radius 3 is 1.75 bits per heavy atom. The first-order chi connectivity index (χ1) is 27.3. The summed E-state index contributed by atoms with van der Waals surface area (Å²) in [5.74, 6) is 0. The summed E-state index contributed by atoms with van der Waals surface area (Å²) in [4.78, 5) is 2.34. The minimum absolute atomic E-state index is 0.830. The predicted molar refractivity (Wildman–Crippen MR) is 229 cm³/mol. The highest BCUT2D eigenvalue weighted by Crippen LogP contribution is 2.44. The van der Waals surface area contributed by atoms with E-state index in [1.54, 1.807) is 0 Å². The molecule has 0 amide bonds. The first-order valence-electron chi connectivity index (χ1n) is 18.7. The third kappa shape index (κ3) is 5.20. The number of para-hydroxylation sites is 2. The fraction of sp³-hybridized carbons (Fsp3) is 0. The van der Waals surface area contributed by atoms with Crippen LogP contribution in [-0.4, -0.2) is 0 Å². The molecule has 0 aliphatic heterocycles. The zero-order valence-corrected chi connectivity index (χ0v) is 29.8. The van der Waals surface area contributed by atoms with E-state index in [0.29, 0.717) is 0 Å². The molecule has 3 heteroatoms. The maximum atomic E-state index is 6.85. The van der Waals surface area contributed by atoms with Crippen molar-refractivity contribution in [1.82, 2.24) is 0 Å². The zero-order chi connectivity index (χ0) is 36.3. The van der Waals surface area contributed by atoms with Crippen LogP contribution in [0.25, 0.3) is 88.0 Å². The van der Waals surface area contributed by atoms with Crippen LogP contribution >= 0.6 is 0 Å². The molecule has 0 saturated carbocycles. The molecule has 3 nitrogen and oxygen atoms in total. The van der Waals surface area contributed by atoms with Gasteiger partial charge in [-0.1, -0.05) is 146 Å². The Morgan fingerprint density at radius 2 is 0.909 bits per heavy atom. The summed E-state index contributed by atoms with van der Waals surface area (Å²) < 4.78 is 13.1. The normalized spacial score (nSPS) is 11.6. The molecule has 11 rings (SSSR count). The number of hydrogen-bond donors (Lipinski definition) is 0. The molecule has 2 heterocycles. The largest absolute Gasteiger partial charge is 0.456 e. The van der Waals surface area contributed by atoms with Crippen LogP contribution in [0, 0.1) is 0 Å². The van der Waals surface area contributed by atoms with E-state index in [9.17, 15) is 0 Å². The van der Waals surface area contributed by atoms with Gasteiger partial charge in [0.05, 0.1) is 5.39 Å². The minimum Gasteiger partial charge on any atom is -0.456 e. The van der Waals surface area contributed by atoms with E-state index in [1.807, 2.05) is 18.2 Å². The van der Waals surface area contributed by atoms with Crippen LogP contribution in [0.15, 0.2) is 209 Å². The molecular weight excluding hydrogens is 671 g/mol. The smallest absolute Gasteiger partial charge is 0.147 e. The quantitative estimate of drug-likeness (QED) is 0.173. The van der Waals surface area contributed by atoms with Crippen LogP contribution in [0.3, 0.4) is 0 Å². The molecule has 0 saturated heterocycles. The van der Waals surface area contributed by atoms with Gasteiger partial charge in [0, 0.05) is 38.8 Å². The summed E-state index contributed by atoms with van der Waals surface area (Å²) in [6.07, 6.45) is 0. The SMILES string of the molecule is c1ccc(-c2ccc(N(c3ccc(-c4cccc5ccccc45)cc3)c3cccc(-c4cccc5c4oc4c5ccc5oc6ccccc6c54)c3)cc2)cc1. The van der Waals surface area contributed by atoms with Gasteiger partial charge in [-0.25, -0.2) is 0 Å². The van der Waals surface area contributed by atoms with Gasteiger partial charge in [0.2, 0.25) is 0 Å². The van der Waals surface area contributed by atoms with Crippen molar-refractivity contribution in [3.8, 4) is 33.4 Å². The molecule has 2 aromatic heterocycles. The van der Waals surface area contributed by atoms with Crippen LogP contribution in [-0.2, 0) is 0 Å². The van der Waals surface area contributed by atoms with Crippen LogP contribution in [0.2, 0.25) is 0 Å². The number of furan rings is 2. The first-order valence-corrected chi connectivity index (χ1v) is 18.7. The Bertz CT molecular complexity index is 3180. The molecule has 0 aliphatic rings. The molecule has 55 heavy (non-hydrogen) atoms. The molecule has 0 aliphatic carbocycles. The Balaban J connectivity index is 1.05. The molecule has 0 radical (unpaired) electrons. The predicted octanol–water partition coefficient (Wildman–Crippen LogP) is 15.1. The van der Waals surface area contributed by atoms with Gasteiger partial charge in [0.1, 0.15) is 22.3 Å². The average molecular weight is 704 g/mol. The number of fused-ring (bicyclic) bond motifs is 8. The van der Waals surface area contributed by atoms with Crippen LogP contribution in [0.5, 0.6) is 0 Å². The molecule has 9 aromatic carbocycles. The van der Waals surface area contributed by atoms with E-state index >= 15 is 0 Å². The lowest BCUT2D eigenvalue weighted by Gasteiger charge is -2.26. The van der Waals surface area contributed by atoms with Crippen molar-refractivity contribution in [2.24, 2.45) is 0 Å². The van der Waals surface area contributed by atoms with Gasteiger partial charge in [-0.15, -0.1) is 0 Å². The lowest BCUT2D eigenvalue weighted by molar-refractivity contribution is 0.663. The topological polar surface area (TPSA) is 29.5 Å². The summed E-state index contributed by atoms with van der Waals surface area (Å²) in [5, 5.41) is 6.73. The molecule has 0 spiro atoms. The molecular formula is C52H33NO2. The monoisotopic (exact) mass is 703 g/mol. The van der Waals surface area contributed by atoms with E-state index in [0.717, 1.165) is 72.1 Å². The summed E-state index contributed by atoms with van der Waals surface area (Å²) in [7, 11) is 0. The Kier molecular flexibility index (Phi) is 7.17. The van der Waals surface area contributed by atoms with E-state index in [2.05, 4.69) is 187 Å². The molecule has 0 atom stereocenters. The van der Waals surface area contributed by atoms with Crippen molar-refractivity contribution in [1.29, 1.82) is 0 Å². The van der Waals surface area contributed by atoms with E-state index in [4.69, 9.17) is 8.83 Å². The van der Waals surface area contributed by atoms with Gasteiger partial charge in [0.25, 0.3) is 0 Å². The van der Waals surface area contributed by atoms with Crippen LogP contribution in [0.1, 0.15) is 0 Å². The lowest BCUT2D eigenvalue weighted by Crippen LogP contribution is -2.10. The van der Waals surface area contributed by atoms with Gasteiger partial charge in [-0.05, 0) is 93.2 Å². The number of rotatable bonds is 6. The number of nitrogens with zero attached hydrogens (tertiary/aromatic N) is 1. The van der Waals surface area contributed by atoms with Crippen LogP contribution in [0.4, 0.5) is 17.1 Å². The molecule has 11 aromatic rings. The summed E-state index contributed by atoms with van der Waals surface area (Å²) >= 11 is 0. The molecule has 0 N–H and O–H groups in total. The van der Waals surface area contributed by atoms with Crippen LogP contribution < -0.4 is 4.90 Å². The second-order valence-corrected chi connectivity index (χ2v) is 14.1. The zero-order valence-electron chi connectivity index (χ0n) is 29.8. The number of benzene rings is 9. The second-order valence-electron chi connectivity index (χ2n) is 14.1.